The van der Waals surface area contributed by atoms with Crippen molar-refractivity contribution in [1.82, 2.24) is 20.5 Å². The lowest BCUT2D eigenvalue weighted by atomic mass is 9.81. The van der Waals surface area contributed by atoms with Crippen LogP contribution in [0.25, 0.3) is 11.1 Å². The average Bonchev–Trinajstić information content (AvgIpc) is 3.00. The van der Waals surface area contributed by atoms with E-state index in [1.807, 2.05) is 11.8 Å². The molecular weight excluding hydrogens is 566 g/mol. The summed E-state index contributed by atoms with van der Waals surface area (Å²) in [5.41, 5.74) is 0.953. The van der Waals surface area contributed by atoms with Crippen LogP contribution >= 0.6 is 0 Å². The van der Waals surface area contributed by atoms with E-state index in [2.05, 4.69) is 15.6 Å². The summed E-state index contributed by atoms with van der Waals surface area (Å²) in [5.74, 6) is -2.87. The number of aromatic nitrogens is 1. The summed E-state index contributed by atoms with van der Waals surface area (Å²) >= 11 is 0. The molecule has 1 atom stereocenters. The number of carbonyl (C=O) groups excluding carboxylic acids is 2. The average molecular weight is 608 g/mol. The summed E-state index contributed by atoms with van der Waals surface area (Å²) in [6, 6.07) is 6.51. The van der Waals surface area contributed by atoms with Gasteiger partial charge in [0.2, 0.25) is 11.8 Å². The van der Waals surface area contributed by atoms with Gasteiger partial charge in [-0.15, -0.1) is 0 Å². The smallest absolute Gasteiger partial charge is 0.391 e. The van der Waals surface area contributed by atoms with Crippen LogP contribution in [0.15, 0.2) is 30.5 Å². The topological polar surface area (TPSA) is 86.8 Å². The lowest BCUT2D eigenvalue weighted by molar-refractivity contribution is -0.185. The molecule has 0 radical (unpaired) electrons. The first-order chi connectivity index (χ1) is 20.6. The molecule has 4 rings (SSSR count). The molecule has 0 unspecified atom stereocenters. The van der Waals surface area contributed by atoms with Crippen LogP contribution in [0.3, 0.4) is 0 Å². The minimum absolute atomic E-state index is 0.0311. The Morgan fingerprint density at radius 3 is 2.44 bits per heavy atom. The number of ether oxygens (including phenoxy) is 1. The molecule has 2 fully saturated rings. The van der Waals surface area contributed by atoms with Crippen LogP contribution in [-0.4, -0.2) is 80.3 Å². The molecule has 1 aliphatic heterocycles. The molecule has 2 heterocycles. The fraction of sp³-hybridized carbons (Fsp3) is 0.581. The maximum atomic E-state index is 16.4. The van der Waals surface area contributed by atoms with Crippen molar-refractivity contribution < 1.29 is 31.9 Å². The number of hydrogen-bond donors (Lipinski definition) is 2. The zero-order valence-electron chi connectivity index (χ0n) is 25.0. The van der Waals surface area contributed by atoms with E-state index in [4.69, 9.17) is 4.74 Å². The van der Waals surface area contributed by atoms with Gasteiger partial charge < -0.3 is 25.2 Å². The van der Waals surface area contributed by atoms with E-state index in [0.717, 1.165) is 0 Å². The zero-order valence-corrected chi connectivity index (χ0v) is 25.0. The Morgan fingerprint density at radius 1 is 1.05 bits per heavy atom. The van der Waals surface area contributed by atoms with Gasteiger partial charge in [0.15, 0.2) is 0 Å². The fourth-order valence-electron chi connectivity index (χ4n) is 6.11. The predicted molar refractivity (Wildman–Crippen MR) is 157 cm³/mol. The fourth-order valence-corrected chi connectivity index (χ4v) is 6.11. The van der Waals surface area contributed by atoms with Crippen LogP contribution in [0.5, 0.6) is 5.88 Å². The Hall–Kier alpha value is -3.41. The number of halogens is 4. The molecule has 2 aromatic rings. The highest BCUT2D eigenvalue weighted by Gasteiger charge is 2.43. The minimum atomic E-state index is -4.23. The third kappa shape index (κ3) is 7.39. The monoisotopic (exact) mass is 607 g/mol. The normalized spacial score (nSPS) is 21.0. The lowest BCUT2D eigenvalue weighted by Crippen LogP contribution is -2.56. The van der Waals surface area contributed by atoms with Gasteiger partial charge in [-0.25, -0.2) is 9.37 Å². The number of benzene rings is 1. The van der Waals surface area contributed by atoms with E-state index in [1.165, 1.54) is 0 Å². The van der Waals surface area contributed by atoms with Crippen molar-refractivity contribution in [3.8, 4) is 17.0 Å². The number of nitrogens with zero attached hydrogens (tertiary/aromatic N) is 3. The summed E-state index contributed by atoms with van der Waals surface area (Å²) in [5, 5.41) is 5.75. The Kier molecular flexibility index (Phi) is 10.9. The number of anilines is 1. The van der Waals surface area contributed by atoms with E-state index in [0.29, 0.717) is 57.0 Å². The third-order valence-electron chi connectivity index (χ3n) is 8.46. The molecule has 1 aromatic heterocycles. The van der Waals surface area contributed by atoms with Gasteiger partial charge >= 0.3 is 6.18 Å². The maximum absolute atomic E-state index is 16.4. The van der Waals surface area contributed by atoms with Crippen LogP contribution in [0.2, 0.25) is 0 Å². The Balaban J connectivity index is 1.60. The maximum Gasteiger partial charge on any atom is 0.391 e. The van der Waals surface area contributed by atoms with Crippen molar-refractivity contribution in [2.75, 3.05) is 51.3 Å². The number of piperazine rings is 1. The molecule has 1 saturated carbocycles. The largest absolute Gasteiger partial charge is 0.478 e. The first kappa shape index (κ1) is 32.5. The zero-order chi connectivity index (χ0) is 31.1. The molecule has 1 aromatic carbocycles. The van der Waals surface area contributed by atoms with Gasteiger partial charge in [0.25, 0.3) is 5.91 Å². The van der Waals surface area contributed by atoms with Gasteiger partial charge in [0.05, 0.1) is 23.8 Å². The van der Waals surface area contributed by atoms with Crippen molar-refractivity contribution in [2.45, 2.75) is 58.2 Å². The third-order valence-corrected chi connectivity index (χ3v) is 8.46. The van der Waals surface area contributed by atoms with E-state index < -0.39 is 29.7 Å². The van der Waals surface area contributed by atoms with Gasteiger partial charge in [-0.3, -0.25) is 9.59 Å². The Bertz CT molecular complexity index is 1270. The molecule has 43 heavy (non-hydrogen) atoms. The highest BCUT2D eigenvalue weighted by Crippen LogP contribution is 2.41. The van der Waals surface area contributed by atoms with Crippen molar-refractivity contribution in [3.05, 3.63) is 41.8 Å². The van der Waals surface area contributed by atoms with Gasteiger partial charge in [0, 0.05) is 62.0 Å². The number of carbonyl (C=O) groups is 2. The molecule has 1 aliphatic carbocycles. The molecule has 236 valence electrons. The number of likely N-dealkylation sites (N-methyl/N-ethyl adjacent to an activating group) is 1. The van der Waals surface area contributed by atoms with E-state index in [1.54, 1.807) is 49.3 Å². The summed E-state index contributed by atoms with van der Waals surface area (Å²) < 4.78 is 61.5. The SMILES string of the molecule is CCOc1ncccc1-c1ccc(N2CCN(C(=O)[C@H]3CC[C@H](C(F)(F)F)CC3)C[C@H]2CC)c(C(=O)NCCNC)c1F. The van der Waals surface area contributed by atoms with Crippen LogP contribution in [0.4, 0.5) is 23.2 Å². The van der Waals surface area contributed by atoms with Gasteiger partial charge in [-0.2, -0.15) is 13.2 Å². The second-order valence-electron chi connectivity index (χ2n) is 11.1. The number of nitrogens with one attached hydrogen (secondary N) is 2. The predicted octanol–water partition coefficient (Wildman–Crippen LogP) is 5.03. The molecule has 1 saturated heterocycles. The number of pyridine rings is 1. The van der Waals surface area contributed by atoms with E-state index in [-0.39, 0.29) is 54.6 Å². The van der Waals surface area contributed by atoms with Crippen LogP contribution in [0.1, 0.15) is 56.3 Å². The standard InChI is InChI=1S/C31H41F4N5O3/c1-4-22-19-39(30(42)20-8-10-21(11-9-20)31(33,34)35)17-18-40(22)25-13-12-23(24-7-6-14-38-29(24)43-5-2)27(32)26(25)28(41)37-16-15-36-3/h6-7,12-14,20-22,36H,4-5,8-11,15-19H2,1-3H3,(H,37,41)/t20-,21-,22-/m1/s1. The molecular formula is C31H41F4N5O3. The van der Waals surface area contributed by atoms with Gasteiger partial charge in [0.1, 0.15) is 5.82 Å². The van der Waals surface area contributed by atoms with Gasteiger partial charge in [-0.05, 0) is 70.3 Å². The summed E-state index contributed by atoms with van der Waals surface area (Å²) in [7, 11) is 1.76. The Labute approximate surface area is 250 Å². The van der Waals surface area contributed by atoms with Crippen molar-refractivity contribution in [3.63, 3.8) is 0 Å². The van der Waals surface area contributed by atoms with Crippen molar-refractivity contribution >= 4 is 17.5 Å². The Morgan fingerprint density at radius 2 is 1.79 bits per heavy atom. The lowest BCUT2D eigenvalue weighted by Gasteiger charge is -2.44. The molecule has 2 amide bonds. The molecule has 2 N–H and O–H groups in total. The molecule has 8 nitrogen and oxygen atoms in total. The molecule has 0 spiro atoms. The van der Waals surface area contributed by atoms with Crippen LogP contribution in [-0.2, 0) is 4.79 Å². The van der Waals surface area contributed by atoms with Crippen molar-refractivity contribution in [2.24, 2.45) is 11.8 Å². The number of rotatable bonds is 10. The number of alkyl halides is 3. The number of amides is 2. The quantitative estimate of drug-likeness (QED) is 0.291. The van der Waals surface area contributed by atoms with E-state index >= 15 is 4.39 Å². The minimum Gasteiger partial charge on any atom is -0.478 e. The molecule has 2 aliphatic rings. The first-order valence-corrected chi connectivity index (χ1v) is 15.1. The second-order valence-corrected chi connectivity index (χ2v) is 11.1. The summed E-state index contributed by atoms with van der Waals surface area (Å²) in [6.45, 7) is 5.93. The van der Waals surface area contributed by atoms with Crippen molar-refractivity contribution in [1.29, 1.82) is 0 Å². The molecule has 12 heteroatoms. The molecule has 0 bridgehead atoms. The van der Waals surface area contributed by atoms with Crippen LogP contribution in [0, 0.1) is 17.7 Å². The number of hydrogen-bond acceptors (Lipinski definition) is 6. The first-order valence-electron chi connectivity index (χ1n) is 15.1. The van der Waals surface area contributed by atoms with Crippen LogP contribution < -0.4 is 20.3 Å². The van der Waals surface area contributed by atoms with E-state index in [9.17, 15) is 22.8 Å². The second kappa shape index (κ2) is 14.4. The highest BCUT2D eigenvalue weighted by molar-refractivity contribution is 6.02. The summed E-state index contributed by atoms with van der Waals surface area (Å²) in [4.78, 5) is 34.8. The van der Waals surface area contributed by atoms with Gasteiger partial charge in [-0.1, -0.05) is 6.92 Å². The highest BCUT2D eigenvalue weighted by atomic mass is 19.4. The summed E-state index contributed by atoms with van der Waals surface area (Å²) in [6.07, 6.45) is -1.67.